The Morgan fingerprint density at radius 3 is 2.48 bits per heavy atom. The van der Waals surface area contributed by atoms with Crippen molar-refractivity contribution in [2.24, 2.45) is 5.84 Å². The summed E-state index contributed by atoms with van der Waals surface area (Å²) >= 11 is 12.8. The Morgan fingerprint density at radius 1 is 1.12 bits per heavy atom. The van der Waals surface area contributed by atoms with E-state index in [1.165, 1.54) is 14.2 Å². The lowest BCUT2D eigenvalue weighted by Crippen LogP contribution is -2.30. The van der Waals surface area contributed by atoms with Gasteiger partial charge in [0.1, 0.15) is 23.0 Å². The van der Waals surface area contributed by atoms with E-state index in [0.29, 0.717) is 50.1 Å². The van der Waals surface area contributed by atoms with Crippen molar-refractivity contribution in [3.8, 4) is 22.8 Å². The standard InChI is InChI=1S/C21H18Cl2N6O3.ClH/c1-31-11-9-12(20(30)28-24)16(15(10-11)32-2)18-19(29-8-4-7-25-21(29)27-18)26-17-13(22)5-3-6-14(17)23;/h3-10,26H,24H2,1-2H3,(H,28,30);1H. The number of nitrogen functional groups attached to an aromatic ring is 1. The van der Waals surface area contributed by atoms with Gasteiger partial charge in [-0.15, -0.1) is 12.4 Å². The van der Waals surface area contributed by atoms with Crippen LogP contribution in [0, 0.1) is 0 Å². The lowest BCUT2D eigenvalue weighted by molar-refractivity contribution is 0.0953. The van der Waals surface area contributed by atoms with Crippen LogP contribution in [-0.4, -0.2) is 34.5 Å². The molecular formula is C21H19Cl3N6O3. The first-order valence-corrected chi connectivity index (χ1v) is 10.1. The molecule has 33 heavy (non-hydrogen) atoms. The number of hydrogen-bond acceptors (Lipinski definition) is 7. The number of ether oxygens (including phenoxy) is 2. The Morgan fingerprint density at radius 2 is 1.85 bits per heavy atom. The summed E-state index contributed by atoms with van der Waals surface area (Å²) in [4.78, 5) is 21.6. The minimum absolute atomic E-state index is 0. The molecular weight excluding hydrogens is 491 g/mol. The highest BCUT2D eigenvalue weighted by Crippen LogP contribution is 2.42. The number of methoxy groups -OCH3 is 2. The van der Waals surface area contributed by atoms with Crippen molar-refractivity contribution < 1.29 is 14.3 Å². The number of anilines is 2. The third kappa shape index (κ3) is 4.49. The van der Waals surface area contributed by atoms with Gasteiger partial charge in [0.2, 0.25) is 5.78 Å². The molecule has 4 N–H and O–H groups in total. The van der Waals surface area contributed by atoms with Crippen molar-refractivity contribution in [1.82, 2.24) is 19.8 Å². The SMILES string of the molecule is COc1cc(OC)c(-c2nc3ncccn3c2Nc2c(Cl)cccc2Cl)c(C(=O)NN)c1.Cl. The highest BCUT2D eigenvalue weighted by molar-refractivity contribution is 6.39. The van der Waals surface area contributed by atoms with E-state index in [0.717, 1.165) is 0 Å². The Hall–Kier alpha value is -3.24. The average Bonchev–Trinajstić information content (AvgIpc) is 3.17. The molecule has 0 aliphatic carbocycles. The molecule has 0 fully saturated rings. The third-order valence-corrected chi connectivity index (χ3v) is 5.38. The molecule has 0 unspecified atom stereocenters. The number of nitrogens with zero attached hydrogens (tertiary/aromatic N) is 3. The number of nitrogens with one attached hydrogen (secondary N) is 2. The third-order valence-electron chi connectivity index (χ3n) is 4.75. The fraction of sp³-hybridized carbons (Fsp3) is 0.0952. The van der Waals surface area contributed by atoms with Gasteiger partial charge in [0.15, 0.2) is 0 Å². The second-order valence-corrected chi connectivity index (χ2v) is 7.36. The Bertz CT molecular complexity index is 1310. The first-order chi connectivity index (χ1) is 15.5. The number of benzene rings is 2. The van der Waals surface area contributed by atoms with Crippen LogP contribution in [0.5, 0.6) is 11.5 Å². The molecule has 2 aromatic carbocycles. The fourth-order valence-electron chi connectivity index (χ4n) is 3.29. The normalized spacial score (nSPS) is 10.5. The molecule has 0 bridgehead atoms. The van der Waals surface area contributed by atoms with Gasteiger partial charge in [0.25, 0.3) is 5.91 Å². The summed E-state index contributed by atoms with van der Waals surface area (Å²) in [5.74, 6) is 6.50. The number of halogens is 3. The lowest BCUT2D eigenvalue weighted by atomic mass is 10.0. The Labute approximate surface area is 205 Å². The Kier molecular flexibility index (Phi) is 7.50. The van der Waals surface area contributed by atoms with Crippen molar-refractivity contribution in [2.45, 2.75) is 0 Å². The number of amides is 1. The number of hydrogen-bond donors (Lipinski definition) is 3. The largest absolute Gasteiger partial charge is 0.497 e. The predicted molar refractivity (Wildman–Crippen MR) is 130 cm³/mol. The maximum absolute atomic E-state index is 12.7. The highest BCUT2D eigenvalue weighted by Gasteiger charge is 2.26. The summed E-state index contributed by atoms with van der Waals surface area (Å²) in [5.41, 5.74) is 3.57. The predicted octanol–water partition coefficient (Wildman–Crippen LogP) is 4.49. The van der Waals surface area contributed by atoms with Crippen LogP contribution >= 0.6 is 35.6 Å². The van der Waals surface area contributed by atoms with E-state index in [-0.39, 0.29) is 18.0 Å². The molecule has 1 amide bonds. The fourth-order valence-corrected chi connectivity index (χ4v) is 3.78. The van der Waals surface area contributed by atoms with Gasteiger partial charge < -0.3 is 14.8 Å². The molecule has 0 atom stereocenters. The van der Waals surface area contributed by atoms with Gasteiger partial charge in [-0.3, -0.25) is 14.6 Å². The molecule has 4 aromatic rings. The zero-order valence-corrected chi connectivity index (χ0v) is 19.8. The average molecular weight is 510 g/mol. The molecule has 4 rings (SSSR count). The van der Waals surface area contributed by atoms with Gasteiger partial charge in [-0.1, -0.05) is 29.3 Å². The number of fused-ring (bicyclic) bond motifs is 1. The zero-order valence-electron chi connectivity index (χ0n) is 17.4. The molecule has 0 saturated carbocycles. The molecule has 172 valence electrons. The van der Waals surface area contributed by atoms with Crippen LogP contribution < -0.4 is 26.1 Å². The summed E-state index contributed by atoms with van der Waals surface area (Å²) in [6.07, 6.45) is 3.38. The van der Waals surface area contributed by atoms with E-state index in [1.807, 2.05) is 0 Å². The van der Waals surface area contributed by atoms with Gasteiger partial charge in [-0.25, -0.2) is 15.8 Å². The molecule has 2 heterocycles. The number of rotatable bonds is 6. The summed E-state index contributed by atoms with van der Waals surface area (Å²) < 4.78 is 12.6. The van der Waals surface area contributed by atoms with Gasteiger partial charge in [-0.2, -0.15) is 0 Å². The van der Waals surface area contributed by atoms with Crippen molar-refractivity contribution in [3.63, 3.8) is 0 Å². The summed E-state index contributed by atoms with van der Waals surface area (Å²) in [6, 6.07) is 10.1. The van der Waals surface area contributed by atoms with E-state index >= 15 is 0 Å². The van der Waals surface area contributed by atoms with E-state index in [9.17, 15) is 4.79 Å². The van der Waals surface area contributed by atoms with Crippen LogP contribution in [0.1, 0.15) is 10.4 Å². The van der Waals surface area contributed by atoms with Gasteiger partial charge in [0, 0.05) is 18.5 Å². The smallest absolute Gasteiger partial charge is 0.266 e. The second kappa shape index (κ2) is 10.1. The summed E-state index contributed by atoms with van der Waals surface area (Å²) in [7, 11) is 2.97. The lowest BCUT2D eigenvalue weighted by Gasteiger charge is -2.16. The van der Waals surface area contributed by atoms with Crippen LogP contribution in [-0.2, 0) is 0 Å². The molecule has 0 aliphatic heterocycles. The second-order valence-electron chi connectivity index (χ2n) is 6.55. The Balaban J connectivity index is 0.00000306. The zero-order chi connectivity index (χ0) is 22.8. The van der Waals surface area contributed by atoms with Crippen LogP contribution in [0.4, 0.5) is 11.5 Å². The molecule has 0 aliphatic rings. The minimum Gasteiger partial charge on any atom is -0.497 e. The van der Waals surface area contributed by atoms with E-state index < -0.39 is 5.91 Å². The number of aromatic nitrogens is 3. The van der Waals surface area contributed by atoms with Crippen molar-refractivity contribution in [1.29, 1.82) is 0 Å². The monoisotopic (exact) mass is 508 g/mol. The summed E-state index contributed by atoms with van der Waals surface area (Å²) in [5, 5.41) is 4.05. The molecule has 0 radical (unpaired) electrons. The number of nitrogens with two attached hydrogens (primary N) is 1. The van der Waals surface area contributed by atoms with E-state index in [1.54, 1.807) is 53.2 Å². The number of hydrazine groups is 1. The maximum Gasteiger partial charge on any atom is 0.266 e. The van der Waals surface area contributed by atoms with Gasteiger partial charge in [0.05, 0.1) is 41.1 Å². The topological polar surface area (TPSA) is 116 Å². The van der Waals surface area contributed by atoms with Crippen LogP contribution in [0.3, 0.4) is 0 Å². The number of imidazole rings is 1. The minimum atomic E-state index is -0.552. The summed E-state index contributed by atoms with van der Waals surface area (Å²) in [6.45, 7) is 0. The molecule has 2 aromatic heterocycles. The van der Waals surface area contributed by atoms with Crippen LogP contribution in [0.2, 0.25) is 10.0 Å². The van der Waals surface area contributed by atoms with Crippen LogP contribution in [0.15, 0.2) is 48.8 Å². The molecule has 0 saturated heterocycles. The maximum atomic E-state index is 12.7. The van der Waals surface area contributed by atoms with E-state index in [4.69, 9.17) is 38.5 Å². The number of carbonyl (C=O) groups excluding carboxylic acids is 1. The number of carbonyl (C=O) groups is 1. The number of para-hydroxylation sites is 1. The van der Waals surface area contributed by atoms with E-state index in [2.05, 4.69) is 20.7 Å². The highest BCUT2D eigenvalue weighted by atomic mass is 35.5. The van der Waals surface area contributed by atoms with Crippen molar-refractivity contribution >= 4 is 58.8 Å². The first-order valence-electron chi connectivity index (χ1n) is 9.30. The molecule has 9 nitrogen and oxygen atoms in total. The molecule has 12 heteroatoms. The first kappa shape index (κ1) is 24.4. The quantitative estimate of drug-likeness (QED) is 0.199. The van der Waals surface area contributed by atoms with Crippen molar-refractivity contribution in [2.75, 3.05) is 19.5 Å². The van der Waals surface area contributed by atoms with Crippen LogP contribution in [0.25, 0.3) is 17.0 Å². The van der Waals surface area contributed by atoms with Crippen molar-refractivity contribution in [3.05, 3.63) is 64.4 Å². The van der Waals surface area contributed by atoms with Gasteiger partial charge in [-0.05, 0) is 24.3 Å². The molecule has 0 spiro atoms. The van der Waals surface area contributed by atoms with Gasteiger partial charge >= 0.3 is 0 Å².